The average molecular weight is 742 g/mol. The summed E-state index contributed by atoms with van der Waals surface area (Å²) < 4.78 is 25.2. The Morgan fingerprint density at radius 1 is 0.915 bits per heavy atom. The Balaban J connectivity index is 1.18. The maximum Gasteiger partial charge on any atom is 0.439 e. The molecular weight excluding hydrogens is 715 g/mol. The number of para-hydroxylation sites is 1. The van der Waals surface area contributed by atoms with Crippen molar-refractivity contribution in [1.29, 1.82) is 0 Å². The molecule has 3 aromatic heterocycles. The first-order chi connectivity index (χ1) is 23.0. The van der Waals surface area contributed by atoms with E-state index in [2.05, 4.69) is 20.3 Å². The Bertz CT molecular complexity index is 2260. The smallest absolute Gasteiger partial charge is 0.439 e. The number of fused-ring (bicyclic) bond motifs is 1. The Kier molecular flexibility index (Phi) is 8.35. The number of carbonyl (C=O) groups is 1. The summed E-state index contributed by atoms with van der Waals surface area (Å²) in [6.07, 6.45) is 0. The van der Waals surface area contributed by atoms with Crippen LogP contribution in [0.4, 0.5) is 0 Å². The number of nitrogens with zero attached hydrogens (tertiary/aromatic N) is 5. The highest BCUT2D eigenvalue weighted by molar-refractivity contribution is 14.1. The molecule has 0 aliphatic carbocycles. The van der Waals surface area contributed by atoms with E-state index in [-0.39, 0.29) is 6.61 Å². The van der Waals surface area contributed by atoms with Gasteiger partial charge >= 0.3 is 11.7 Å². The fourth-order valence-electron chi connectivity index (χ4n) is 5.38. The van der Waals surface area contributed by atoms with Gasteiger partial charge in [-0.15, -0.1) is 0 Å². The molecule has 0 aliphatic heterocycles. The van der Waals surface area contributed by atoms with E-state index in [1.807, 2.05) is 119 Å². The molecule has 0 amide bonds. The molecule has 3 heterocycles. The van der Waals surface area contributed by atoms with Crippen molar-refractivity contribution in [3.63, 3.8) is 0 Å². The van der Waals surface area contributed by atoms with Crippen molar-refractivity contribution in [3.8, 4) is 39.8 Å². The van der Waals surface area contributed by atoms with Crippen molar-refractivity contribution < 1.29 is 26.4 Å². The van der Waals surface area contributed by atoms with Gasteiger partial charge in [0.1, 0.15) is 0 Å². The van der Waals surface area contributed by atoms with Crippen LogP contribution in [0, 0.1) is 0 Å². The van der Waals surface area contributed by atoms with E-state index in [4.69, 9.17) is 18.6 Å². The van der Waals surface area contributed by atoms with Crippen LogP contribution in [0.2, 0.25) is 0 Å². The summed E-state index contributed by atoms with van der Waals surface area (Å²) in [6, 6.07) is 30.9. The first-order valence-corrected chi connectivity index (χ1v) is 15.6. The summed E-state index contributed by atoms with van der Waals surface area (Å²) >= 11 is 1.97. The van der Waals surface area contributed by atoms with Crippen molar-refractivity contribution in [2.45, 2.75) is 20.1 Å². The molecule has 1 N–H and O–H groups in total. The van der Waals surface area contributed by atoms with Gasteiger partial charge in [0.2, 0.25) is 5.69 Å². The number of H-pyrrole nitrogens is 1. The molecule has 7 rings (SSSR count). The van der Waals surface area contributed by atoms with Crippen LogP contribution in [-0.4, -0.2) is 37.4 Å². The van der Waals surface area contributed by atoms with Gasteiger partial charge in [-0.05, 0) is 35.7 Å². The van der Waals surface area contributed by atoms with Crippen molar-refractivity contribution in [2.75, 3.05) is 6.61 Å². The third-order valence-corrected chi connectivity index (χ3v) is 8.29. The zero-order valence-electron chi connectivity index (χ0n) is 24.9. The largest absolute Gasteiger partial charge is 0.465 e. The summed E-state index contributed by atoms with van der Waals surface area (Å²) in [5.74, 6) is -0.779. The summed E-state index contributed by atoms with van der Waals surface area (Å²) in [5.41, 5.74) is 7.10. The third-order valence-electron chi connectivity index (χ3n) is 7.53. The molecule has 13 heteroatoms. The van der Waals surface area contributed by atoms with Crippen molar-refractivity contribution in [1.82, 2.24) is 24.8 Å². The number of imidazole rings is 1. The van der Waals surface area contributed by atoms with E-state index < -0.39 is 11.7 Å². The molecule has 0 fully saturated rings. The quantitative estimate of drug-likeness (QED) is 0.132. The Labute approximate surface area is 281 Å². The standard InChI is InChI=1S/C34H25IN6O6/c1-2-44-33-36-27-14-8-13-26(32(42)45-20-28-29(38-47-41(28)35)23-9-4-3-5-10-23)30(27)40(33)19-21-15-17-22(18-16-21)24-11-6-7-12-25(24)31-37-34(43)46-39-31/h3-18H,2,19-20H2,1H3/p+1. The lowest BCUT2D eigenvalue weighted by Gasteiger charge is -2.12. The summed E-state index contributed by atoms with van der Waals surface area (Å²) in [4.78, 5) is 32.5. The van der Waals surface area contributed by atoms with Crippen LogP contribution in [0.25, 0.3) is 44.8 Å². The van der Waals surface area contributed by atoms with Crippen LogP contribution in [0.3, 0.4) is 0 Å². The van der Waals surface area contributed by atoms with Gasteiger partial charge in [0.15, 0.2) is 17.6 Å². The zero-order valence-corrected chi connectivity index (χ0v) is 27.1. The maximum atomic E-state index is 13.6. The van der Waals surface area contributed by atoms with Crippen LogP contribution < -0.4 is 13.4 Å². The van der Waals surface area contributed by atoms with E-state index in [0.717, 1.165) is 27.8 Å². The van der Waals surface area contributed by atoms with E-state index in [9.17, 15) is 9.59 Å². The molecule has 0 atom stereocenters. The van der Waals surface area contributed by atoms with Gasteiger partial charge in [0.25, 0.3) is 34.6 Å². The SMILES string of the molecule is CCOc1nc2cccc(C(=O)OCc3c(-c4ccccc4)no[n+]3I)c2n1Cc1ccc(-c2ccccc2-c2noc(=O)[nH]2)cc1. The maximum absolute atomic E-state index is 13.6. The highest BCUT2D eigenvalue weighted by Gasteiger charge is 2.27. The van der Waals surface area contributed by atoms with Gasteiger partial charge in [0, 0.05) is 14.1 Å². The molecule has 12 nitrogen and oxygen atoms in total. The van der Waals surface area contributed by atoms with E-state index in [1.54, 1.807) is 12.1 Å². The molecule has 47 heavy (non-hydrogen) atoms. The van der Waals surface area contributed by atoms with Crippen LogP contribution in [-0.2, 0) is 17.9 Å². The third kappa shape index (κ3) is 6.04. The lowest BCUT2D eigenvalue weighted by Crippen LogP contribution is -2.23. The summed E-state index contributed by atoms with van der Waals surface area (Å²) in [6.45, 7) is 2.61. The van der Waals surface area contributed by atoms with Gasteiger partial charge in [-0.2, -0.15) is 4.98 Å². The van der Waals surface area contributed by atoms with Crippen molar-refractivity contribution in [3.05, 3.63) is 124 Å². The molecule has 0 saturated carbocycles. The number of ether oxygens (including phenoxy) is 2. The molecule has 7 aromatic rings. The highest BCUT2D eigenvalue weighted by atomic mass is 127. The molecule has 0 saturated heterocycles. The fourth-order valence-corrected chi connectivity index (χ4v) is 5.84. The molecule has 4 aromatic carbocycles. The van der Waals surface area contributed by atoms with Gasteiger partial charge < -0.3 is 9.47 Å². The molecule has 0 bridgehead atoms. The van der Waals surface area contributed by atoms with Gasteiger partial charge in [-0.25, -0.2) is 9.59 Å². The van der Waals surface area contributed by atoms with Crippen LogP contribution in [0.15, 0.2) is 111 Å². The second-order valence-electron chi connectivity index (χ2n) is 10.4. The van der Waals surface area contributed by atoms with E-state index in [1.165, 1.54) is 2.95 Å². The lowest BCUT2D eigenvalue weighted by atomic mass is 9.98. The highest BCUT2D eigenvalue weighted by Crippen LogP contribution is 2.31. The average Bonchev–Trinajstić information content (AvgIpc) is 3.81. The zero-order chi connectivity index (χ0) is 32.3. The second kappa shape index (κ2) is 13.0. The normalized spacial score (nSPS) is 11.2. The number of aromatic amines is 1. The monoisotopic (exact) mass is 741 g/mol. The van der Waals surface area contributed by atoms with Gasteiger partial charge in [-0.3, -0.25) is 14.1 Å². The summed E-state index contributed by atoms with van der Waals surface area (Å²) in [7, 11) is 0. The van der Waals surface area contributed by atoms with Gasteiger partial charge in [-0.1, -0.05) is 94.7 Å². The number of esters is 1. The fraction of sp³-hybridized carbons (Fsp3) is 0.118. The molecule has 0 spiro atoms. The molecule has 0 radical (unpaired) electrons. The Morgan fingerprint density at radius 2 is 1.68 bits per heavy atom. The predicted molar refractivity (Wildman–Crippen MR) is 179 cm³/mol. The predicted octanol–water partition coefficient (Wildman–Crippen LogP) is 5.99. The number of benzene rings is 4. The number of hydrogen-bond acceptors (Lipinski definition) is 9. The lowest BCUT2D eigenvalue weighted by molar-refractivity contribution is -0.680. The number of carbonyl (C=O) groups excluding carboxylic acids is 1. The molecule has 0 aliphatic rings. The van der Waals surface area contributed by atoms with E-state index in [0.29, 0.717) is 53.0 Å². The number of rotatable bonds is 10. The first kappa shape index (κ1) is 30.1. The van der Waals surface area contributed by atoms with Crippen molar-refractivity contribution >= 4 is 39.9 Å². The Hall–Kier alpha value is -5.57. The topological polar surface area (TPSA) is 142 Å². The Morgan fingerprint density at radius 3 is 2.43 bits per heavy atom. The summed E-state index contributed by atoms with van der Waals surface area (Å²) in [5, 5.41) is 8.01. The van der Waals surface area contributed by atoms with Gasteiger partial charge in [0.05, 0.1) is 29.7 Å². The molecule has 234 valence electrons. The van der Waals surface area contributed by atoms with Crippen LogP contribution in [0.5, 0.6) is 6.01 Å². The first-order valence-electron chi connectivity index (χ1n) is 14.7. The number of halogens is 1. The minimum Gasteiger partial charge on any atom is -0.465 e. The number of aromatic nitrogens is 6. The minimum atomic E-state index is -0.616. The minimum absolute atomic E-state index is 0.0521. The molecular formula is C34H26IN6O6+. The van der Waals surface area contributed by atoms with E-state index >= 15 is 0 Å². The number of nitrogens with one attached hydrogen (secondary N) is 1. The van der Waals surface area contributed by atoms with Crippen LogP contribution in [0.1, 0.15) is 28.5 Å². The van der Waals surface area contributed by atoms with Crippen LogP contribution >= 0.6 is 22.9 Å². The number of hydrogen-bond donors (Lipinski definition) is 1. The molecule has 0 unspecified atom stereocenters. The van der Waals surface area contributed by atoms with Crippen molar-refractivity contribution in [2.24, 2.45) is 0 Å². The second-order valence-corrected chi connectivity index (χ2v) is 11.3.